The number of benzene rings is 2. The van der Waals surface area contributed by atoms with Crippen LogP contribution < -0.4 is 10.1 Å². The van der Waals surface area contributed by atoms with Crippen LogP contribution in [0.2, 0.25) is 0 Å². The van der Waals surface area contributed by atoms with Gasteiger partial charge >= 0.3 is 0 Å². The molecule has 0 atom stereocenters. The van der Waals surface area contributed by atoms with Gasteiger partial charge in [0.25, 0.3) is 0 Å². The highest BCUT2D eigenvalue weighted by Crippen LogP contribution is 2.27. The van der Waals surface area contributed by atoms with Crippen LogP contribution >= 0.6 is 11.8 Å². The predicted molar refractivity (Wildman–Crippen MR) is 120 cm³/mol. The van der Waals surface area contributed by atoms with E-state index in [-0.39, 0.29) is 11.7 Å². The molecule has 1 N–H and O–H groups in total. The van der Waals surface area contributed by atoms with Crippen molar-refractivity contribution in [1.82, 2.24) is 14.6 Å². The Hall–Kier alpha value is -3.32. The molecule has 0 bridgehead atoms. The van der Waals surface area contributed by atoms with Crippen LogP contribution in [0.25, 0.3) is 16.8 Å². The van der Waals surface area contributed by atoms with Gasteiger partial charge in [-0.25, -0.2) is 9.50 Å². The molecule has 0 fully saturated rings. The van der Waals surface area contributed by atoms with E-state index in [1.54, 1.807) is 10.7 Å². The van der Waals surface area contributed by atoms with Crippen LogP contribution in [0.5, 0.6) is 5.75 Å². The fraction of sp³-hybridized carbons (Fsp3) is 0.174. The molecule has 7 heteroatoms. The summed E-state index contributed by atoms with van der Waals surface area (Å²) in [7, 11) is 0. The molecule has 0 saturated heterocycles. The van der Waals surface area contributed by atoms with E-state index in [1.165, 1.54) is 11.8 Å². The van der Waals surface area contributed by atoms with Gasteiger partial charge in [0.15, 0.2) is 0 Å². The summed E-state index contributed by atoms with van der Waals surface area (Å²) in [5, 5.41) is 8.32. The Balaban J connectivity index is 1.48. The van der Waals surface area contributed by atoms with Gasteiger partial charge in [0.1, 0.15) is 10.8 Å². The third-order valence-corrected chi connectivity index (χ3v) is 5.49. The Morgan fingerprint density at radius 1 is 1.13 bits per heavy atom. The van der Waals surface area contributed by atoms with Gasteiger partial charge in [0.2, 0.25) is 5.91 Å². The molecular weight excluding hydrogens is 396 g/mol. The van der Waals surface area contributed by atoms with Crippen molar-refractivity contribution >= 4 is 28.9 Å². The van der Waals surface area contributed by atoms with E-state index >= 15 is 0 Å². The van der Waals surface area contributed by atoms with Gasteiger partial charge in [-0.2, -0.15) is 5.10 Å². The van der Waals surface area contributed by atoms with Crippen molar-refractivity contribution in [1.29, 1.82) is 0 Å². The van der Waals surface area contributed by atoms with Crippen LogP contribution in [-0.4, -0.2) is 32.9 Å². The summed E-state index contributed by atoms with van der Waals surface area (Å²) < 4.78 is 7.29. The molecule has 4 aromatic rings. The minimum absolute atomic E-state index is 0.0705. The molecule has 4 rings (SSSR count). The van der Waals surface area contributed by atoms with E-state index in [4.69, 9.17) is 4.74 Å². The maximum atomic E-state index is 12.3. The number of hydrogen-bond acceptors (Lipinski definition) is 5. The molecule has 1 amide bonds. The summed E-state index contributed by atoms with van der Waals surface area (Å²) in [4.78, 5) is 16.8. The Kier molecular flexibility index (Phi) is 5.99. The Bertz CT molecular complexity index is 1150. The van der Waals surface area contributed by atoms with Crippen molar-refractivity contribution in [3.8, 4) is 17.0 Å². The minimum atomic E-state index is -0.0705. The Morgan fingerprint density at radius 2 is 1.90 bits per heavy atom. The topological polar surface area (TPSA) is 68.5 Å². The summed E-state index contributed by atoms with van der Waals surface area (Å²) in [6, 6.07) is 17.6. The first-order chi connectivity index (χ1) is 14.6. The number of anilines is 1. The number of aromatic nitrogens is 3. The molecule has 2 aromatic heterocycles. The highest BCUT2D eigenvalue weighted by Gasteiger charge is 2.12. The van der Waals surface area contributed by atoms with Crippen LogP contribution in [-0.2, 0) is 4.79 Å². The molecule has 0 saturated carbocycles. The zero-order valence-corrected chi connectivity index (χ0v) is 17.6. The van der Waals surface area contributed by atoms with E-state index in [2.05, 4.69) is 15.4 Å². The molecule has 0 aliphatic heterocycles. The van der Waals surface area contributed by atoms with Gasteiger partial charge in [-0.15, -0.1) is 0 Å². The van der Waals surface area contributed by atoms with Crippen molar-refractivity contribution < 1.29 is 9.53 Å². The Labute approximate surface area is 179 Å². The van der Waals surface area contributed by atoms with Crippen molar-refractivity contribution in [2.75, 3.05) is 17.7 Å². The lowest BCUT2D eigenvalue weighted by atomic mass is 10.1. The number of hydrogen-bond donors (Lipinski definition) is 1. The first-order valence-electron chi connectivity index (χ1n) is 9.69. The number of rotatable bonds is 7. The third-order valence-electron chi connectivity index (χ3n) is 4.49. The fourth-order valence-electron chi connectivity index (χ4n) is 3.01. The first kappa shape index (κ1) is 20.0. The molecule has 0 radical (unpaired) electrons. The van der Waals surface area contributed by atoms with Crippen LogP contribution in [0.4, 0.5) is 5.69 Å². The normalized spacial score (nSPS) is 10.9. The number of nitrogens with zero attached hydrogens (tertiary/aromatic N) is 3. The number of nitrogens with one attached hydrogen (secondary N) is 1. The average molecular weight is 419 g/mol. The van der Waals surface area contributed by atoms with E-state index < -0.39 is 0 Å². The second-order valence-corrected chi connectivity index (χ2v) is 7.72. The van der Waals surface area contributed by atoms with E-state index in [0.29, 0.717) is 6.61 Å². The van der Waals surface area contributed by atoms with E-state index in [9.17, 15) is 4.79 Å². The zero-order valence-electron chi connectivity index (χ0n) is 16.8. The van der Waals surface area contributed by atoms with Gasteiger partial charge in [-0.1, -0.05) is 29.5 Å². The summed E-state index contributed by atoms with van der Waals surface area (Å²) in [5.41, 5.74) is 4.66. The lowest BCUT2D eigenvalue weighted by Gasteiger charge is -2.06. The zero-order chi connectivity index (χ0) is 20.9. The van der Waals surface area contributed by atoms with E-state index in [0.717, 1.165) is 38.8 Å². The predicted octanol–water partition coefficient (Wildman–Crippen LogP) is 4.83. The largest absolute Gasteiger partial charge is 0.494 e. The molecule has 0 unspecified atom stereocenters. The lowest BCUT2D eigenvalue weighted by molar-refractivity contribution is -0.113. The molecule has 0 spiro atoms. The van der Waals surface area contributed by atoms with Gasteiger partial charge in [-0.3, -0.25) is 4.79 Å². The van der Waals surface area contributed by atoms with Gasteiger partial charge < -0.3 is 10.1 Å². The first-order valence-corrected chi connectivity index (χ1v) is 10.7. The van der Waals surface area contributed by atoms with Gasteiger partial charge in [0, 0.05) is 23.6 Å². The number of fused-ring (bicyclic) bond motifs is 1. The maximum absolute atomic E-state index is 12.3. The Morgan fingerprint density at radius 3 is 2.63 bits per heavy atom. The molecule has 2 heterocycles. The van der Waals surface area contributed by atoms with E-state index in [1.807, 2.05) is 74.6 Å². The highest BCUT2D eigenvalue weighted by atomic mass is 32.2. The molecule has 2 aromatic carbocycles. The second kappa shape index (κ2) is 9.00. The van der Waals surface area contributed by atoms with Crippen LogP contribution in [0.15, 0.2) is 72.0 Å². The molecule has 152 valence electrons. The maximum Gasteiger partial charge on any atom is 0.234 e. The number of amides is 1. The SMILES string of the molecule is CCOc1ccc(-c2cc3c(SCC(=O)Nc4ccc(C)cc4)nccn3n2)cc1. The molecule has 6 nitrogen and oxygen atoms in total. The lowest BCUT2D eigenvalue weighted by Crippen LogP contribution is -2.14. The summed E-state index contributed by atoms with van der Waals surface area (Å²) in [6.45, 7) is 4.61. The number of ether oxygens (including phenoxy) is 1. The second-order valence-electron chi connectivity index (χ2n) is 6.75. The van der Waals surface area contributed by atoms with Crippen LogP contribution in [0.3, 0.4) is 0 Å². The molecule has 30 heavy (non-hydrogen) atoms. The highest BCUT2D eigenvalue weighted by molar-refractivity contribution is 8.00. The van der Waals surface area contributed by atoms with Crippen molar-refractivity contribution in [2.24, 2.45) is 0 Å². The average Bonchev–Trinajstić information content (AvgIpc) is 3.20. The molecular formula is C23H22N4O2S. The summed E-state index contributed by atoms with van der Waals surface area (Å²) >= 11 is 1.39. The van der Waals surface area contributed by atoms with Crippen molar-refractivity contribution in [2.45, 2.75) is 18.9 Å². The standard InChI is InChI=1S/C23H22N4O2S/c1-3-29-19-10-6-17(7-11-19)20-14-21-23(24-12-13-27(21)26-20)30-15-22(28)25-18-8-4-16(2)5-9-18/h4-14H,3,15H2,1-2H3,(H,25,28). The quantitative estimate of drug-likeness (QED) is 0.435. The number of carbonyl (C=O) groups is 1. The van der Waals surface area contributed by atoms with Crippen LogP contribution in [0.1, 0.15) is 12.5 Å². The van der Waals surface area contributed by atoms with Crippen molar-refractivity contribution in [3.05, 3.63) is 72.6 Å². The number of thioether (sulfide) groups is 1. The number of carbonyl (C=O) groups excluding carboxylic acids is 1. The van der Waals surface area contributed by atoms with Crippen LogP contribution in [0, 0.1) is 6.92 Å². The van der Waals surface area contributed by atoms with Gasteiger partial charge in [0.05, 0.1) is 23.6 Å². The third kappa shape index (κ3) is 4.63. The smallest absolute Gasteiger partial charge is 0.234 e. The number of aryl methyl sites for hydroxylation is 1. The van der Waals surface area contributed by atoms with Gasteiger partial charge in [-0.05, 0) is 56.3 Å². The monoisotopic (exact) mass is 418 g/mol. The summed E-state index contributed by atoms with van der Waals surface area (Å²) in [5.74, 6) is 1.03. The summed E-state index contributed by atoms with van der Waals surface area (Å²) in [6.07, 6.45) is 3.51. The molecule has 0 aliphatic carbocycles. The van der Waals surface area contributed by atoms with Crippen molar-refractivity contribution in [3.63, 3.8) is 0 Å². The fourth-order valence-corrected chi connectivity index (χ4v) is 3.78. The minimum Gasteiger partial charge on any atom is -0.494 e. The molecule has 0 aliphatic rings.